The van der Waals surface area contributed by atoms with Crippen LogP contribution >= 0.6 is 15.9 Å². The van der Waals surface area contributed by atoms with Crippen molar-refractivity contribution in [3.05, 3.63) is 65.0 Å². The van der Waals surface area contributed by atoms with Crippen molar-refractivity contribution in [3.8, 4) is 11.4 Å². The summed E-state index contributed by atoms with van der Waals surface area (Å²) < 4.78 is 0.941. The Bertz CT molecular complexity index is 1410. The Morgan fingerprint density at radius 1 is 1.00 bits per heavy atom. The lowest BCUT2D eigenvalue weighted by Crippen LogP contribution is -2.48. The van der Waals surface area contributed by atoms with E-state index in [0.717, 1.165) is 71.8 Å². The molecule has 1 aromatic carbocycles. The maximum absolute atomic E-state index is 12.7. The molecule has 4 aromatic rings. The number of aromatic nitrogens is 4. The van der Waals surface area contributed by atoms with Crippen LogP contribution in [0.3, 0.4) is 0 Å². The first-order valence-corrected chi connectivity index (χ1v) is 13.9. The topological polar surface area (TPSA) is 93.3 Å². The number of carbonyl (C=O) groups excluding carboxylic acids is 1. The number of hydrogen-bond acceptors (Lipinski definition) is 7. The van der Waals surface area contributed by atoms with Crippen LogP contribution in [-0.2, 0) is 0 Å². The minimum absolute atomic E-state index is 0.0669. The fourth-order valence-corrected chi connectivity index (χ4v) is 5.66. The van der Waals surface area contributed by atoms with E-state index in [1.807, 2.05) is 11.1 Å². The van der Waals surface area contributed by atoms with Gasteiger partial charge in [-0.1, -0.05) is 0 Å². The first-order valence-electron chi connectivity index (χ1n) is 13.1. The van der Waals surface area contributed by atoms with E-state index in [1.54, 1.807) is 24.5 Å². The number of piperidine rings is 1. The zero-order valence-corrected chi connectivity index (χ0v) is 23.0. The van der Waals surface area contributed by atoms with Crippen LogP contribution in [0.2, 0.25) is 0 Å². The van der Waals surface area contributed by atoms with E-state index in [4.69, 9.17) is 4.98 Å². The SMILES string of the molecule is CN1CCC(Nc2c(Br)cnc3nc(-c4ccc(N5CCN(C(=O)c6ccncc6)CC5)cc4)[nH]c23)CC1. The Morgan fingerprint density at radius 2 is 1.71 bits per heavy atom. The molecule has 0 radical (unpaired) electrons. The molecule has 0 saturated carbocycles. The van der Waals surface area contributed by atoms with Gasteiger partial charge in [-0.3, -0.25) is 9.78 Å². The highest BCUT2D eigenvalue weighted by Gasteiger charge is 2.23. The number of H-pyrrole nitrogens is 1. The Hall–Kier alpha value is -3.50. The summed E-state index contributed by atoms with van der Waals surface area (Å²) in [6.45, 7) is 5.18. The normalized spacial score (nSPS) is 17.2. The molecule has 9 nitrogen and oxygen atoms in total. The number of nitrogens with one attached hydrogen (secondary N) is 2. The van der Waals surface area contributed by atoms with Crippen LogP contribution in [0.4, 0.5) is 11.4 Å². The molecular formula is C28H31BrN8O. The van der Waals surface area contributed by atoms with E-state index in [9.17, 15) is 4.79 Å². The van der Waals surface area contributed by atoms with E-state index >= 15 is 0 Å². The third-order valence-electron chi connectivity index (χ3n) is 7.54. The Labute approximate surface area is 230 Å². The number of rotatable bonds is 5. The summed E-state index contributed by atoms with van der Waals surface area (Å²) >= 11 is 3.69. The van der Waals surface area contributed by atoms with Crippen molar-refractivity contribution in [1.82, 2.24) is 29.7 Å². The lowest BCUT2D eigenvalue weighted by molar-refractivity contribution is 0.0746. The number of pyridine rings is 2. The predicted molar refractivity (Wildman–Crippen MR) is 154 cm³/mol. The van der Waals surface area contributed by atoms with Gasteiger partial charge in [0.05, 0.1) is 10.2 Å². The maximum atomic E-state index is 12.7. The third kappa shape index (κ3) is 5.10. The largest absolute Gasteiger partial charge is 0.379 e. The highest BCUT2D eigenvalue weighted by Crippen LogP contribution is 2.33. The summed E-state index contributed by atoms with van der Waals surface area (Å²) in [4.78, 5) is 36.2. The number of fused-ring (bicyclic) bond motifs is 1. The molecule has 10 heteroatoms. The van der Waals surface area contributed by atoms with Gasteiger partial charge < -0.3 is 25.0 Å². The molecule has 0 aliphatic carbocycles. The van der Waals surface area contributed by atoms with Crippen LogP contribution in [0, 0.1) is 0 Å². The highest BCUT2D eigenvalue weighted by atomic mass is 79.9. The van der Waals surface area contributed by atoms with Gasteiger partial charge in [0.1, 0.15) is 11.3 Å². The van der Waals surface area contributed by atoms with E-state index in [0.29, 0.717) is 30.3 Å². The van der Waals surface area contributed by atoms with Gasteiger partial charge >= 0.3 is 0 Å². The highest BCUT2D eigenvalue weighted by molar-refractivity contribution is 9.10. The summed E-state index contributed by atoms with van der Waals surface area (Å²) in [5.41, 5.74) is 5.50. The predicted octanol–water partition coefficient (Wildman–Crippen LogP) is 4.25. The molecule has 0 spiro atoms. The molecule has 2 fully saturated rings. The van der Waals surface area contributed by atoms with Crippen LogP contribution in [0.25, 0.3) is 22.6 Å². The zero-order chi connectivity index (χ0) is 26.1. The summed E-state index contributed by atoms with van der Waals surface area (Å²) in [7, 11) is 2.17. The molecule has 196 valence electrons. The number of piperazine rings is 1. The van der Waals surface area contributed by atoms with E-state index in [1.165, 1.54) is 0 Å². The monoisotopic (exact) mass is 574 g/mol. The third-order valence-corrected chi connectivity index (χ3v) is 8.14. The van der Waals surface area contributed by atoms with Crippen LogP contribution in [0.15, 0.2) is 59.5 Å². The smallest absolute Gasteiger partial charge is 0.254 e. The Morgan fingerprint density at radius 3 is 2.42 bits per heavy atom. The summed E-state index contributed by atoms with van der Waals surface area (Å²) in [5, 5.41) is 3.73. The molecular weight excluding hydrogens is 544 g/mol. The fourth-order valence-electron chi connectivity index (χ4n) is 5.24. The van der Waals surface area contributed by atoms with Crippen LogP contribution in [0.5, 0.6) is 0 Å². The maximum Gasteiger partial charge on any atom is 0.254 e. The van der Waals surface area contributed by atoms with Crippen molar-refractivity contribution in [2.75, 3.05) is 56.5 Å². The van der Waals surface area contributed by atoms with Crippen LogP contribution in [-0.4, -0.2) is 88.0 Å². The van der Waals surface area contributed by atoms with Gasteiger partial charge in [-0.05, 0) is 85.3 Å². The molecule has 38 heavy (non-hydrogen) atoms. The second-order valence-corrected chi connectivity index (χ2v) is 10.9. The fraction of sp³-hybridized carbons (Fsp3) is 0.357. The molecule has 5 heterocycles. The van der Waals surface area contributed by atoms with Gasteiger partial charge in [0.15, 0.2) is 5.65 Å². The number of halogens is 1. The number of hydrogen-bond donors (Lipinski definition) is 2. The summed E-state index contributed by atoms with van der Waals surface area (Å²) in [6, 6.07) is 12.4. The quantitative estimate of drug-likeness (QED) is 0.368. The van der Waals surface area contributed by atoms with Crippen molar-refractivity contribution in [3.63, 3.8) is 0 Å². The van der Waals surface area contributed by atoms with Gasteiger partial charge in [-0.15, -0.1) is 0 Å². The lowest BCUT2D eigenvalue weighted by Gasteiger charge is -2.36. The molecule has 2 N–H and O–H groups in total. The van der Waals surface area contributed by atoms with Gasteiger partial charge in [0.25, 0.3) is 5.91 Å². The molecule has 0 unspecified atom stereocenters. The van der Waals surface area contributed by atoms with E-state index < -0.39 is 0 Å². The van der Waals surface area contributed by atoms with Crippen LogP contribution < -0.4 is 10.2 Å². The lowest BCUT2D eigenvalue weighted by atomic mass is 10.1. The number of amides is 1. The summed E-state index contributed by atoms with van der Waals surface area (Å²) in [6.07, 6.45) is 7.37. The van der Waals surface area contributed by atoms with Crippen LogP contribution in [0.1, 0.15) is 23.2 Å². The molecule has 2 aliphatic rings. The second-order valence-electron chi connectivity index (χ2n) is 10.0. The number of nitrogens with zero attached hydrogens (tertiary/aromatic N) is 6. The number of anilines is 2. The van der Waals surface area contributed by atoms with Crippen molar-refractivity contribution < 1.29 is 4.79 Å². The zero-order valence-electron chi connectivity index (χ0n) is 21.4. The average Bonchev–Trinajstić information content (AvgIpc) is 3.41. The second kappa shape index (κ2) is 10.7. The number of likely N-dealkylation sites (tertiary alicyclic amines) is 1. The van der Waals surface area contributed by atoms with Crippen molar-refractivity contribution in [2.24, 2.45) is 0 Å². The van der Waals surface area contributed by atoms with Gasteiger partial charge in [-0.25, -0.2) is 9.97 Å². The molecule has 0 bridgehead atoms. The van der Waals surface area contributed by atoms with E-state index in [2.05, 4.69) is 77.3 Å². The first-order chi connectivity index (χ1) is 18.5. The van der Waals surface area contributed by atoms with Gasteiger partial charge in [-0.2, -0.15) is 0 Å². The van der Waals surface area contributed by atoms with Crippen molar-refractivity contribution in [1.29, 1.82) is 0 Å². The average molecular weight is 576 g/mol. The molecule has 6 rings (SSSR count). The van der Waals surface area contributed by atoms with Crippen molar-refractivity contribution in [2.45, 2.75) is 18.9 Å². The number of carbonyl (C=O) groups is 1. The minimum Gasteiger partial charge on any atom is -0.379 e. The Kier molecular flexibility index (Phi) is 6.99. The molecule has 0 atom stereocenters. The first kappa shape index (κ1) is 24.8. The molecule has 2 saturated heterocycles. The number of imidazole rings is 1. The van der Waals surface area contributed by atoms with Gasteiger partial charge in [0.2, 0.25) is 0 Å². The van der Waals surface area contributed by atoms with Crippen molar-refractivity contribution >= 4 is 44.4 Å². The number of aromatic amines is 1. The Balaban J connectivity index is 1.14. The molecule has 1 amide bonds. The molecule has 2 aliphatic heterocycles. The summed E-state index contributed by atoms with van der Waals surface area (Å²) in [5.74, 6) is 0.869. The van der Waals surface area contributed by atoms with Gasteiger partial charge in [0, 0.05) is 67.6 Å². The number of benzene rings is 1. The molecule has 3 aromatic heterocycles. The van der Waals surface area contributed by atoms with E-state index in [-0.39, 0.29) is 5.91 Å². The minimum atomic E-state index is 0.0669. The standard InChI is InChI=1S/C28H31BrN8O/c1-35-12-8-21(9-13-35)32-24-23(29)18-31-27-25(24)33-26(34-27)19-2-4-22(5-3-19)36-14-16-37(17-15-36)28(38)20-6-10-30-11-7-20/h2-7,10-11,18,21H,8-9,12-17H2,1H3,(H2,31,32,33,34).